The maximum atomic E-state index is 10.8. The van der Waals surface area contributed by atoms with E-state index in [1.165, 1.54) is 17.8 Å². The first-order valence-electron chi connectivity index (χ1n) is 8.82. The van der Waals surface area contributed by atoms with E-state index >= 15 is 0 Å². The van der Waals surface area contributed by atoms with Gasteiger partial charge in [0.25, 0.3) is 5.69 Å². The molecule has 0 aromatic heterocycles. The smallest absolute Gasteiger partial charge is 0.270 e. The average molecular weight is 404 g/mol. The van der Waals surface area contributed by atoms with E-state index in [0.717, 1.165) is 23.4 Å². The summed E-state index contributed by atoms with van der Waals surface area (Å²) in [7, 11) is -4.27. The predicted molar refractivity (Wildman–Crippen MR) is 106 cm³/mol. The molecule has 28 heavy (non-hydrogen) atoms. The van der Waals surface area contributed by atoms with Crippen LogP contribution in [0.15, 0.2) is 47.4 Å². The molecule has 1 aliphatic heterocycles. The van der Waals surface area contributed by atoms with Crippen molar-refractivity contribution in [1.29, 1.82) is 0 Å². The van der Waals surface area contributed by atoms with Gasteiger partial charge in [0, 0.05) is 30.7 Å². The summed E-state index contributed by atoms with van der Waals surface area (Å²) in [6, 6.07) is 10.9. The fourth-order valence-electron chi connectivity index (χ4n) is 3.20. The number of nitro groups is 1. The number of benzene rings is 2. The molecule has 150 valence electrons. The molecule has 1 heterocycles. The molecule has 8 heteroatoms. The van der Waals surface area contributed by atoms with Crippen LogP contribution in [-0.2, 0) is 15.5 Å². The van der Waals surface area contributed by atoms with Gasteiger partial charge in [-0.1, -0.05) is 17.7 Å². The van der Waals surface area contributed by atoms with Gasteiger partial charge in [-0.3, -0.25) is 10.1 Å². The second-order valence-electron chi connectivity index (χ2n) is 7.18. The summed E-state index contributed by atoms with van der Waals surface area (Å²) in [6.07, 6.45) is 0. The SMILES string of the molecule is CC[N+]1=C(C)C(C)(C)c2cc([N+](=O)[O-])ccc21.Cc1ccc(S(=O)(=O)[O-])cc1. The molecular formula is C20H24N2O5S. The Morgan fingerprint density at radius 2 is 1.64 bits per heavy atom. The summed E-state index contributed by atoms with van der Waals surface area (Å²) >= 11 is 0. The molecule has 0 bridgehead atoms. The summed E-state index contributed by atoms with van der Waals surface area (Å²) in [5.74, 6) is 0. The summed E-state index contributed by atoms with van der Waals surface area (Å²) in [4.78, 5) is 10.3. The average Bonchev–Trinajstić information content (AvgIpc) is 2.81. The molecule has 1 aliphatic rings. The first-order chi connectivity index (χ1) is 12.9. The van der Waals surface area contributed by atoms with Crippen LogP contribution < -0.4 is 0 Å². The normalized spacial score (nSPS) is 14.9. The molecule has 0 unspecified atom stereocenters. The fourth-order valence-corrected chi connectivity index (χ4v) is 3.67. The van der Waals surface area contributed by atoms with E-state index in [1.54, 1.807) is 24.3 Å². The highest BCUT2D eigenvalue weighted by Crippen LogP contribution is 2.40. The molecule has 0 fully saturated rings. The molecule has 0 aliphatic carbocycles. The highest BCUT2D eigenvalue weighted by Gasteiger charge is 2.43. The molecule has 0 saturated heterocycles. The van der Waals surface area contributed by atoms with Crippen LogP contribution in [0.25, 0.3) is 0 Å². The van der Waals surface area contributed by atoms with E-state index in [2.05, 4.69) is 32.3 Å². The molecule has 0 saturated carbocycles. The topological polar surface area (TPSA) is 103 Å². The number of non-ortho nitro benzene ring substituents is 1. The highest BCUT2D eigenvalue weighted by molar-refractivity contribution is 7.85. The zero-order chi connectivity index (χ0) is 21.3. The molecule has 0 spiro atoms. The van der Waals surface area contributed by atoms with Gasteiger partial charge >= 0.3 is 0 Å². The molecule has 3 rings (SSSR count). The lowest BCUT2D eigenvalue weighted by Crippen LogP contribution is -2.26. The summed E-state index contributed by atoms with van der Waals surface area (Å²) in [6.45, 7) is 11.1. The quantitative estimate of drug-likeness (QED) is 0.334. The van der Waals surface area contributed by atoms with Crippen molar-refractivity contribution in [1.82, 2.24) is 0 Å². The maximum Gasteiger partial charge on any atom is 0.270 e. The van der Waals surface area contributed by atoms with E-state index in [1.807, 2.05) is 13.0 Å². The van der Waals surface area contributed by atoms with Gasteiger partial charge in [0.2, 0.25) is 5.69 Å². The minimum absolute atomic E-state index is 0.128. The Morgan fingerprint density at radius 3 is 2.11 bits per heavy atom. The van der Waals surface area contributed by atoms with Crippen LogP contribution in [0.2, 0.25) is 0 Å². The zero-order valence-corrected chi connectivity index (χ0v) is 17.4. The molecular weight excluding hydrogens is 380 g/mol. The van der Waals surface area contributed by atoms with Crippen LogP contribution in [0, 0.1) is 17.0 Å². The van der Waals surface area contributed by atoms with Gasteiger partial charge in [0.15, 0.2) is 5.71 Å². The van der Waals surface area contributed by atoms with Crippen molar-refractivity contribution in [3.63, 3.8) is 0 Å². The van der Waals surface area contributed by atoms with Gasteiger partial charge in [-0.2, -0.15) is 4.58 Å². The van der Waals surface area contributed by atoms with E-state index < -0.39 is 10.1 Å². The van der Waals surface area contributed by atoms with Crippen LogP contribution >= 0.6 is 0 Å². The third kappa shape index (κ3) is 4.28. The Kier molecular flexibility index (Phi) is 6.06. The van der Waals surface area contributed by atoms with Crippen molar-refractivity contribution in [2.75, 3.05) is 6.54 Å². The molecule has 0 N–H and O–H groups in total. The molecule has 0 amide bonds. The van der Waals surface area contributed by atoms with Gasteiger partial charge in [-0.25, -0.2) is 8.42 Å². The predicted octanol–water partition coefficient (Wildman–Crippen LogP) is 3.91. The van der Waals surface area contributed by atoms with Gasteiger partial charge in [-0.15, -0.1) is 0 Å². The minimum Gasteiger partial charge on any atom is -0.744 e. The molecule has 0 radical (unpaired) electrons. The molecule has 7 nitrogen and oxygen atoms in total. The number of aryl methyl sites for hydroxylation is 1. The van der Waals surface area contributed by atoms with Gasteiger partial charge in [0.1, 0.15) is 16.7 Å². The van der Waals surface area contributed by atoms with Gasteiger partial charge < -0.3 is 4.55 Å². The Hall–Kier alpha value is -2.58. The first-order valence-corrected chi connectivity index (χ1v) is 10.2. The number of hydrogen-bond donors (Lipinski definition) is 0. The number of rotatable bonds is 3. The Labute approximate surface area is 165 Å². The summed E-state index contributed by atoms with van der Waals surface area (Å²) < 4.78 is 33.4. The zero-order valence-electron chi connectivity index (χ0n) is 16.6. The third-order valence-electron chi connectivity index (χ3n) is 5.09. The third-order valence-corrected chi connectivity index (χ3v) is 5.94. The van der Waals surface area contributed by atoms with Crippen LogP contribution in [0.1, 0.15) is 38.8 Å². The maximum absolute atomic E-state index is 10.8. The minimum atomic E-state index is -4.27. The Balaban J connectivity index is 0.000000221. The lowest BCUT2D eigenvalue weighted by Gasteiger charge is -2.14. The van der Waals surface area contributed by atoms with Gasteiger partial charge in [-0.05, 0) is 39.8 Å². The van der Waals surface area contributed by atoms with Crippen molar-refractivity contribution in [2.45, 2.75) is 44.9 Å². The van der Waals surface area contributed by atoms with Crippen molar-refractivity contribution >= 4 is 27.2 Å². The Morgan fingerprint density at radius 1 is 1.07 bits per heavy atom. The fraction of sp³-hybridized carbons (Fsp3) is 0.350. The van der Waals surface area contributed by atoms with Crippen LogP contribution in [0.4, 0.5) is 11.4 Å². The van der Waals surface area contributed by atoms with Crippen LogP contribution in [0.5, 0.6) is 0 Å². The van der Waals surface area contributed by atoms with Crippen molar-refractivity contribution in [3.05, 3.63) is 63.7 Å². The molecule has 2 aromatic rings. The largest absolute Gasteiger partial charge is 0.744 e. The van der Waals surface area contributed by atoms with E-state index in [0.29, 0.717) is 0 Å². The second kappa shape index (κ2) is 7.81. The first kappa shape index (κ1) is 21.7. The van der Waals surface area contributed by atoms with Crippen molar-refractivity contribution in [2.24, 2.45) is 0 Å². The van der Waals surface area contributed by atoms with Crippen molar-refractivity contribution < 1.29 is 22.5 Å². The standard InChI is InChI=1S/C13H17N2O2.C7H8O3S/c1-5-14-9(2)13(3,4)11-8-10(15(16)17)6-7-12(11)14;1-6-2-4-7(5-3-6)11(8,9)10/h6-8H,5H2,1-4H3;2-5H,1H3,(H,8,9,10)/q+1;/p-1. The van der Waals surface area contributed by atoms with Crippen LogP contribution in [-0.4, -0.2) is 34.7 Å². The number of fused-ring (bicyclic) bond motifs is 1. The van der Waals surface area contributed by atoms with Crippen molar-refractivity contribution in [3.8, 4) is 0 Å². The highest BCUT2D eigenvalue weighted by atomic mass is 32.2. The van der Waals surface area contributed by atoms with E-state index in [9.17, 15) is 23.1 Å². The molecule has 2 aromatic carbocycles. The summed E-state index contributed by atoms with van der Waals surface area (Å²) in [5, 5.41) is 10.8. The van der Waals surface area contributed by atoms with Gasteiger partial charge in [0.05, 0.1) is 15.2 Å². The monoisotopic (exact) mass is 404 g/mol. The van der Waals surface area contributed by atoms with Crippen LogP contribution in [0.3, 0.4) is 0 Å². The lowest BCUT2D eigenvalue weighted by atomic mass is 9.82. The second-order valence-corrected chi connectivity index (χ2v) is 8.56. The Bertz CT molecular complexity index is 1040. The molecule has 0 atom stereocenters. The number of hydrogen-bond acceptors (Lipinski definition) is 5. The lowest BCUT2D eigenvalue weighted by molar-refractivity contribution is -0.434. The van der Waals surface area contributed by atoms with E-state index in [-0.39, 0.29) is 20.9 Å². The summed E-state index contributed by atoms with van der Waals surface area (Å²) in [5.41, 5.74) is 4.36. The van der Waals surface area contributed by atoms with E-state index in [4.69, 9.17) is 0 Å². The number of nitrogens with zero attached hydrogens (tertiary/aromatic N) is 2. The number of nitro benzene ring substituents is 1.